The van der Waals surface area contributed by atoms with Crippen LogP contribution in [0.3, 0.4) is 0 Å². The first-order valence-electron chi connectivity index (χ1n) is 23.9. The first kappa shape index (κ1) is 57.3. The van der Waals surface area contributed by atoms with Crippen molar-refractivity contribution in [3.63, 3.8) is 0 Å². The minimum Gasteiger partial charge on any atom is -0.462 e. The number of unbranched alkanes of at least 4 members (excludes halogenated alkanes) is 9. The van der Waals surface area contributed by atoms with E-state index in [4.69, 9.17) is 14.2 Å². The van der Waals surface area contributed by atoms with E-state index in [0.717, 1.165) is 70.6 Å². The molecule has 6 heteroatoms. The molecule has 0 rings (SSSR count). The molecule has 0 bridgehead atoms. The Hall–Kier alpha value is -4.71. The number of ether oxygens (including phenoxy) is 3. The fraction of sp³-hybridized carbons (Fsp3) is 0.518. The molecule has 1 unspecified atom stereocenters. The Morgan fingerprint density at radius 3 is 1.24 bits per heavy atom. The molecular weight excluding hydrogens is 769 g/mol. The normalized spacial score (nSPS) is 13.4. The summed E-state index contributed by atoms with van der Waals surface area (Å²) in [5.74, 6) is -1.16. The molecule has 0 heterocycles. The number of rotatable bonds is 40. The van der Waals surface area contributed by atoms with Crippen molar-refractivity contribution < 1.29 is 28.6 Å². The smallest absolute Gasteiger partial charge is 0.306 e. The van der Waals surface area contributed by atoms with Gasteiger partial charge in [-0.2, -0.15) is 0 Å². The van der Waals surface area contributed by atoms with Gasteiger partial charge in [0.1, 0.15) is 13.2 Å². The van der Waals surface area contributed by atoms with E-state index < -0.39 is 12.1 Å². The van der Waals surface area contributed by atoms with E-state index in [9.17, 15) is 14.4 Å². The Balaban J connectivity index is 4.69. The molecule has 0 aliphatic carbocycles. The van der Waals surface area contributed by atoms with Crippen LogP contribution in [0.1, 0.15) is 168 Å². The van der Waals surface area contributed by atoms with Crippen LogP contribution in [0.25, 0.3) is 0 Å². The number of allylic oxidation sites excluding steroid dienone is 24. The highest BCUT2D eigenvalue weighted by atomic mass is 16.6. The monoisotopic (exact) mass is 853 g/mol. The molecule has 0 N–H and O–H groups in total. The van der Waals surface area contributed by atoms with Crippen molar-refractivity contribution in [2.75, 3.05) is 13.2 Å². The van der Waals surface area contributed by atoms with Crippen LogP contribution in [0.4, 0.5) is 0 Å². The lowest BCUT2D eigenvalue weighted by Gasteiger charge is -2.18. The third kappa shape index (κ3) is 46.4. The summed E-state index contributed by atoms with van der Waals surface area (Å²) in [6.45, 7) is 6.18. The van der Waals surface area contributed by atoms with Crippen molar-refractivity contribution in [2.45, 2.75) is 175 Å². The van der Waals surface area contributed by atoms with Crippen LogP contribution in [-0.2, 0) is 28.6 Å². The van der Waals surface area contributed by atoms with Gasteiger partial charge >= 0.3 is 17.9 Å². The van der Waals surface area contributed by atoms with Gasteiger partial charge in [-0.15, -0.1) is 0 Å². The van der Waals surface area contributed by atoms with Gasteiger partial charge < -0.3 is 14.2 Å². The Morgan fingerprint density at radius 2 is 0.742 bits per heavy atom. The van der Waals surface area contributed by atoms with E-state index >= 15 is 0 Å². The molecule has 0 saturated carbocycles. The van der Waals surface area contributed by atoms with Crippen LogP contribution < -0.4 is 0 Å². The summed E-state index contributed by atoms with van der Waals surface area (Å²) in [5.41, 5.74) is 0. The zero-order valence-electron chi connectivity index (χ0n) is 39.1. The number of hydrogen-bond donors (Lipinski definition) is 0. The second-order valence-electron chi connectivity index (χ2n) is 15.0. The highest BCUT2D eigenvalue weighted by Gasteiger charge is 2.19. The Bertz CT molecular complexity index is 1440. The van der Waals surface area contributed by atoms with Gasteiger partial charge in [0.15, 0.2) is 6.10 Å². The molecule has 0 aliphatic rings. The van der Waals surface area contributed by atoms with Crippen molar-refractivity contribution >= 4 is 17.9 Å². The Labute approximate surface area is 378 Å². The number of hydrogen-bond acceptors (Lipinski definition) is 6. The van der Waals surface area contributed by atoms with Gasteiger partial charge in [0.25, 0.3) is 0 Å². The maximum Gasteiger partial charge on any atom is 0.306 e. The summed E-state index contributed by atoms with van der Waals surface area (Å²) in [7, 11) is 0. The highest BCUT2D eigenvalue weighted by Crippen LogP contribution is 2.10. The van der Waals surface area contributed by atoms with Gasteiger partial charge in [-0.25, -0.2) is 0 Å². The van der Waals surface area contributed by atoms with Crippen molar-refractivity contribution in [1.82, 2.24) is 0 Å². The average Bonchev–Trinajstić information content (AvgIpc) is 3.27. The molecule has 6 nitrogen and oxygen atoms in total. The number of carbonyl (C=O) groups excluding carboxylic acids is 3. The Kier molecular flexibility index (Phi) is 45.2. The molecular formula is C56H84O6. The molecule has 1 atom stereocenters. The fourth-order valence-corrected chi connectivity index (χ4v) is 5.68. The summed E-state index contributed by atoms with van der Waals surface area (Å²) < 4.78 is 16.6. The lowest BCUT2D eigenvalue weighted by atomic mass is 10.1. The van der Waals surface area contributed by atoms with Gasteiger partial charge in [-0.05, 0) is 89.9 Å². The topological polar surface area (TPSA) is 78.9 Å². The van der Waals surface area contributed by atoms with Crippen LogP contribution in [-0.4, -0.2) is 37.2 Å². The third-order valence-corrected chi connectivity index (χ3v) is 9.21. The van der Waals surface area contributed by atoms with Crippen LogP contribution in [0.5, 0.6) is 0 Å². The van der Waals surface area contributed by atoms with Crippen molar-refractivity contribution in [3.05, 3.63) is 146 Å². The second-order valence-corrected chi connectivity index (χ2v) is 15.0. The molecule has 0 aromatic heterocycles. The molecule has 0 aromatic carbocycles. The van der Waals surface area contributed by atoms with Gasteiger partial charge in [-0.3, -0.25) is 14.4 Å². The van der Waals surface area contributed by atoms with E-state index in [1.807, 2.05) is 66.8 Å². The molecule has 0 saturated heterocycles. The second kappa shape index (κ2) is 49.0. The van der Waals surface area contributed by atoms with E-state index in [1.165, 1.54) is 38.5 Å². The summed E-state index contributed by atoms with van der Waals surface area (Å²) in [5, 5.41) is 0. The third-order valence-electron chi connectivity index (χ3n) is 9.21. The largest absolute Gasteiger partial charge is 0.462 e. The SMILES string of the molecule is CC\C=C/C=C\C=C/C=C\C=C/CCCCCC(=O)OC(COC(=O)CC/C=C\C/C=C\C/C=C\C/C=C\C/C=C\CC)COC(=O)CC/C=C\C/C=C\CCCCCCCC. The molecule has 0 aliphatic heterocycles. The van der Waals surface area contributed by atoms with E-state index in [0.29, 0.717) is 19.3 Å². The summed E-state index contributed by atoms with van der Waals surface area (Å²) in [4.78, 5) is 37.8. The summed E-state index contributed by atoms with van der Waals surface area (Å²) >= 11 is 0. The van der Waals surface area contributed by atoms with Crippen LogP contribution in [0, 0.1) is 0 Å². The van der Waals surface area contributed by atoms with Crippen LogP contribution in [0.2, 0.25) is 0 Å². The zero-order valence-corrected chi connectivity index (χ0v) is 39.1. The van der Waals surface area contributed by atoms with E-state index in [-0.39, 0.29) is 44.4 Å². The van der Waals surface area contributed by atoms with E-state index in [1.54, 1.807) is 0 Å². The first-order chi connectivity index (χ1) is 30.5. The van der Waals surface area contributed by atoms with Gasteiger partial charge in [0.05, 0.1) is 0 Å². The quantitative estimate of drug-likeness (QED) is 0.0201. The minimum absolute atomic E-state index is 0.156. The minimum atomic E-state index is -0.858. The lowest BCUT2D eigenvalue weighted by Crippen LogP contribution is -2.30. The van der Waals surface area contributed by atoms with Crippen LogP contribution in [0.15, 0.2) is 146 Å². The first-order valence-corrected chi connectivity index (χ1v) is 23.9. The maximum atomic E-state index is 12.7. The molecule has 0 radical (unpaired) electrons. The summed E-state index contributed by atoms with van der Waals surface area (Å²) in [6.07, 6.45) is 69.9. The van der Waals surface area contributed by atoms with Crippen molar-refractivity contribution in [3.8, 4) is 0 Å². The maximum absolute atomic E-state index is 12.7. The van der Waals surface area contributed by atoms with Crippen molar-refractivity contribution in [1.29, 1.82) is 0 Å². The molecule has 0 amide bonds. The molecule has 344 valence electrons. The van der Waals surface area contributed by atoms with Gasteiger partial charge in [0, 0.05) is 19.3 Å². The molecule has 0 fully saturated rings. The van der Waals surface area contributed by atoms with Crippen LogP contribution >= 0.6 is 0 Å². The number of esters is 3. The van der Waals surface area contributed by atoms with Gasteiger partial charge in [-0.1, -0.05) is 205 Å². The molecule has 0 aromatic rings. The molecule has 0 spiro atoms. The predicted molar refractivity (Wildman–Crippen MR) is 265 cm³/mol. The highest BCUT2D eigenvalue weighted by molar-refractivity contribution is 5.71. The summed E-state index contributed by atoms with van der Waals surface area (Å²) in [6, 6.07) is 0. The predicted octanol–water partition coefficient (Wildman–Crippen LogP) is 15.7. The van der Waals surface area contributed by atoms with Crippen molar-refractivity contribution in [2.24, 2.45) is 0 Å². The Morgan fingerprint density at radius 1 is 0.355 bits per heavy atom. The van der Waals surface area contributed by atoms with Gasteiger partial charge in [0.2, 0.25) is 0 Å². The number of carbonyl (C=O) groups is 3. The average molecular weight is 853 g/mol. The fourth-order valence-electron chi connectivity index (χ4n) is 5.68. The molecule has 62 heavy (non-hydrogen) atoms. The standard InChI is InChI=1S/C56H84O6/c1-4-7-10-13-16-19-22-25-27-29-31-34-37-40-43-46-49-55(58)61-52-53(51-60-54(57)48-45-42-39-36-33-30-24-21-18-15-12-9-6-3)62-56(59)50-47-44-41-38-35-32-28-26-23-20-17-14-11-8-5-2/h7-8,10-11,14,16-17,19-20,23,25-28,30-35,39-40,42-43,53H,4-6,9,12-13,15,18,21-22,24,29,36-38,41,44-52H2,1-3H3/b10-7-,11-8-,17-14-,19-16-,23-20-,27-25-,28-26-,33-30-,34-31-,35-32-,42-39-,43-40-. The lowest BCUT2D eigenvalue weighted by molar-refractivity contribution is -0.166. The van der Waals surface area contributed by atoms with E-state index in [2.05, 4.69) is 99.8 Å². The zero-order chi connectivity index (χ0) is 45.1.